The number of hydrogen-bond donors (Lipinski definition) is 1. The second kappa shape index (κ2) is 7.00. The highest BCUT2D eigenvalue weighted by Gasteiger charge is 2.24. The van der Waals surface area contributed by atoms with Gasteiger partial charge in [0.15, 0.2) is 0 Å². The Hall–Kier alpha value is -3.15. The van der Waals surface area contributed by atoms with E-state index in [-0.39, 0.29) is 11.7 Å². The second-order valence-electron chi connectivity index (χ2n) is 6.26. The fourth-order valence-corrected chi connectivity index (χ4v) is 3.22. The van der Waals surface area contributed by atoms with Crippen LogP contribution in [-0.4, -0.2) is 47.2 Å². The van der Waals surface area contributed by atoms with Crippen LogP contribution in [-0.2, 0) is 0 Å². The normalized spacial score (nSPS) is 14.5. The van der Waals surface area contributed by atoms with Crippen molar-refractivity contribution >= 4 is 11.6 Å². The Morgan fingerprint density at radius 3 is 2.38 bits per heavy atom. The Bertz CT molecular complexity index is 901. The zero-order valence-corrected chi connectivity index (χ0v) is 14.2. The number of benzene rings is 2. The quantitative estimate of drug-likeness (QED) is 0.789. The molecule has 0 atom stereocenters. The highest BCUT2D eigenvalue weighted by molar-refractivity contribution is 5.93. The van der Waals surface area contributed by atoms with Gasteiger partial charge in [0.2, 0.25) is 0 Å². The molecule has 1 N–H and O–H groups in total. The van der Waals surface area contributed by atoms with Crippen LogP contribution in [0.2, 0.25) is 0 Å². The molecule has 2 aromatic carbocycles. The molecule has 6 heteroatoms. The molecular formula is C20H19FN4O. The molecular weight excluding hydrogens is 331 g/mol. The average molecular weight is 350 g/mol. The number of rotatable bonds is 3. The highest BCUT2D eigenvalue weighted by atomic mass is 19.1. The fraction of sp³-hybridized carbons (Fsp3) is 0.200. The van der Waals surface area contributed by atoms with Crippen LogP contribution in [0.3, 0.4) is 0 Å². The van der Waals surface area contributed by atoms with E-state index in [0.717, 1.165) is 11.3 Å². The van der Waals surface area contributed by atoms with Crippen LogP contribution in [0.4, 0.5) is 10.1 Å². The Morgan fingerprint density at radius 2 is 1.65 bits per heavy atom. The zero-order valence-electron chi connectivity index (χ0n) is 14.2. The first-order valence-electron chi connectivity index (χ1n) is 8.62. The van der Waals surface area contributed by atoms with Crippen molar-refractivity contribution in [2.24, 2.45) is 0 Å². The topological polar surface area (TPSA) is 52.2 Å². The molecule has 132 valence electrons. The third kappa shape index (κ3) is 3.18. The number of piperazine rings is 1. The lowest BCUT2D eigenvalue weighted by atomic mass is 10.1. The van der Waals surface area contributed by atoms with Gasteiger partial charge in [0.05, 0.1) is 11.4 Å². The predicted molar refractivity (Wildman–Crippen MR) is 98.5 cm³/mol. The van der Waals surface area contributed by atoms with Crippen LogP contribution < -0.4 is 4.90 Å². The first-order valence-corrected chi connectivity index (χ1v) is 8.62. The Morgan fingerprint density at radius 1 is 0.962 bits per heavy atom. The van der Waals surface area contributed by atoms with Gasteiger partial charge < -0.3 is 9.80 Å². The molecule has 0 bridgehead atoms. The number of nitrogens with zero attached hydrogens (tertiary/aromatic N) is 3. The van der Waals surface area contributed by atoms with Crippen molar-refractivity contribution in [3.8, 4) is 11.3 Å². The zero-order chi connectivity index (χ0) is 17.9. The van der Waals surface area contributed by atoms with Crippen molar-refractivity contribution in [1.82, 2.24) is 15.1 Å². The van der Waals surface area contributed by atoms with E-state index in [1.54, 1.807) is 23.1 Å². The van der Waals surface area contributed by atoms with Crippen LogP contribution in [0.15, 0.2) is 60.7 Å². The molecule has 0 spiro atoms. The summed E-state index contributed by atoms with van der Waals surface area (Å²) in [6.45, 7) is 2.30. The number of anilines is 1. The minimum absolute atomic E-state index is 0.0761. The molecule has 5 nitrogen and oxygen atoms in total. The number of amides is 1. The molecule has 0 unspecified atom stereocenters. The lowest BCUT2D eigenvalue weighted by Crippen LogP contribution is -2.49. The van der Waals surface area contributed by atoms with E-state index >= 15 is 0 Å². The van der Waals surface area contributed by atoms with Gasteiger partial charge in [-0.25, -0.2) is 4.39 Å². The molecule has 1 amide bonds. The number of aromatic amines is 1. The van der Waals surface area contributed by atoms with Crippen LogP contribution in [0.5, 0.6) is 0 Å². The maximum atomic E-state index is 13.9. The van der Waals surface area contributed by atoms with E-state index < -0.39 is 0 Å². The largest absolute Gasteiger partial charge is 0.366 e. The molecule has 4 rings (SSSR count). The summed E-state index contributed by atoms with van der Waals surface area (Å²) in [6, 6.07) is 18.2. The number of para-hydroxylation sites is 1. The van der Waals surface area contributed by atoms with Gasteiger partial charge in [-0.3, -0.25) is 9.89 Å². The summed E-state index contributed by atoms with van der Waals surface area (Å²) in [6.07, 6.45) is 0. The fourth-order valence-electron chi connectivity index (χ4n) is 3.22. The smallest absolute Gasteiger partial charge is 0.272 e. The summed E-state index contributed by atoms with van der Waals surface area (Å²) in [4.78, 5) is 16.5. The number of H-pyrrole nitrogens is 1. The van der Waals surface area contributed by atoms with Gasteiger partial charge in [-0.2, -0.15) is 5.10 Å². The molecule has 3 aromatic rings. The Kier molecular flexibility index (Phi) is 4.39. The maximum absolute atomic E-state index is 13.9. The van der Waals surface area contributed by atoms with E-state index in [0.29, 0.717) is 37.6 Å². The van der Waals surface area contributed by atoms with Gasteiger partial charge in [0.1, 0.15) is 11.5 Å². The van der Waals surface area contributed by atoms with Crippen LogP contribution in [0.25, 0.3) is 11.3 Å². The van der Waals surface area contributed by atoms with Crippen molar-refractivity contribution in [1.29, 1.82) is 0 Å². The van der Waals surface area contributed by atoms with Gasteiger partial charge in [-0.15, -0.1) is 0 Å². The molecule has 0 saturated carbocycles. The van der Waals surface area contributed by atoms with Crippen LogP contribution >= 0.6 is 0 Å². The van der Waals surface area contributed by atoms with Crippen molar-refractivity contribution in [2.75, 3.05) is 31.1 Å². The van der Waals surface area contributed by atoms with Crippen molar-refractivity contribution in [2.45, 2.75) is 0 Å². The maximum Gasteiger partial charge on any atom is 0.272 e. The number of hydrogen-bond acceptors (Lipinski definition) is 3. The summed E-state index contributed by atoms with van der Waals surface area (Å²) >= 11 is 0. The minimum atomic E-state index is -0.228. The minimum Gasteiger partial charge on any atom is -0.366 e. The Labute approximate surface area is 151 Å². The van der Waals surface area contributed by atoms with Crippen LogP contribution in [0, 0.1) is 5.82 Å². The number of carbonyl (C=O) groups is 1. The first-order chi connectivity index (χ1) is 12.7. The van der Waals surface area contributed by atoms with Gasteiger partial charge in [-0.1, -0.05) is 42.5 Å². The SMILES string of the molecule is O=C(c1cc(-c2ccccc2)n[nH]1)N1CCN(c2ccccc2F)CC1. The first kappa shape index (κ1) is 16.3. The molecule has 1 aromatic heterocycles. The molecule has 1 aliphatic rings. The van der Waals surface area contributed by atoms with E-state index in [4.69, 9.17) is 0 Å². The summed E-state index contributed by atoms with van der Waals surface area (Å²) in [5.41, 5.74) is 2.78. The van der Waals surface area contributed by atoms with Crippen molar-refractivity contribution in [3.05, 3.63) is 72.2 Å². The average Bonchev–Trinajstić information content (AvgIpc) is 3.19. The van der Waals surface area contributed by atoms with Gasteiger partial charge in [-0.05, 0) is 18.2 Å². The van der Waals surface area contributed by atoms with E-state index in [2.05, 4.69) is 10.2 Å². The Balaban J connectivity index is 1.43. The van der Waals surface area contributed by atoms with E-state index in [1.165, 1.54) is 6.07 Å². The van der Waals surface area contributed by atoms with Crippen molar-refractivity contribution in [3.63, 3.8) is 0 Å². The standard InChI is InChI=1S/C20H19FN4O/c21-16-8-4-5-9-19(16)24-10-12-25(13-11-24)20(26)18-14-17(22-23-18)15-6-2-1-3-7-15/h1-9,14H,10-13H2,(H,22,23). The molecule has 0 aliphatic carbocycles. The lowest BCUT2D eigenvalue weighted by Gasteiger charge is -2.36. The monoisotopic (exact) mass is 350 g/mol. The molecule has 1 fully saturated rings. The van der Waals surface area contributed by atoms with Gasteiger partial charge in [0, 0.05) is 31.7 Å². The predicted octanol–water partition coefficient (Wildman–Crippen LogP) is 3.18. The molecule has 1 saturated heterocycles. The highest BCUT2D eigenvalue weighted by Crippen LogP contribution is 2.21. The molecule has 26 heavy (non-hydrogen) atoms. The van der Waals surface area contributed by atoms with Crippen molar-refractivity contribution < 1.29 is 9.18 Å². The number of halogens is 1. The van der Waals surface area contributed by atoms with Gasteiger partial charge >= 0.3 is 0 Å². The van der Waals surface area contributed by atoms with Crippen LogP contribution in [0.1, 0.15) is 10.5 Å². The number of nitrogens with one attached hydrogen (secondary N) is 1. The number of carbonyl (C=O) groups excluding carboxylic acids is 1. The van der Waals surface area contributed by atoms with E-state index in [1.807, 2.05) is 41.3 Å². The second-order valence-corrected chi connectivity index (χ2v) is 6.26. The summed E-state index contributed by atoms with van der Waals surface area (Å²) in [5, 5.41) is 7.08. The molecule has 1 aliphatic heterocycles. The lowest BCUT2D eigenvalue weighted by molar-refractivity contribution is 0.0740. The van der Waals surface area contributed by atoms with Gasteiger partial charge in [0.25, 0.3) is 5.91 Å². The summed E-state index contributed by atoms with van der Waals surface area (Å²) in [7, 11) is 0. The summed E-state index contributed by atoms with van der Waals surface area (Å²) < 4.78 is 13.9. The molecule has 0 radical (unpaired) electrons. The van der Waals surface area contributed by atoms with E-state index in [9.17, 15) is 9.18 Å². The third-order valence-electron chi connectivity index (χ3n) is 4.64. The summed E-state index contributed by atoms with van der Waals surface area (Å²) in [5.74, 6) is -0.304. The number of aromatic nitrogens is 2. The molecule has 2 heterocycles. The third-order valence-corrected chi connectivity index (χ3v) is 4.64.